The zero-order valence-electron chi connectivity index (χ0n) is 14.0. The molecule has 4 nitrogen and oxygen atoms in total. The second kappa shape index (κ2) is 7.59. The zero-order valence-corrected chi connectivity index (χ0v) is 14.0. The molecule has 0 radical (unpaired) electrons. The number of benzene rings is 1. The number of carbonyl (C=O) groups is 1. The Balaban J connectivity index is 1.67. The maximum atomic E-state index is 12.7. The summed E-state index contributed by atoms with van der Waals surface area (Å²) in [5.41, 5.74) is 2.12. The smallest absolute Gasteiger partial charge is 0.255 e. The van der Waals surface area contributed by atoms with E-state index < -0.39 is 13.0 Å². The van der Waals surface area contributed by atoms with Crippen LogP contribution in [0.3, 0.4) is 0 Å². The van der Waals surface area contributed by atoms with Crippen molar-refractivity contribution < 1.29 is 18.3 Å². The minimum atomic E-state index is -2.52. The number of rotatable bonds is 7. The summed E-state index contributed by atoms with van der Waals surface area (Å²) in [6.45, 7) is 1.66. The second-order valence-electron chi connectivity index (χ2n) is 6.20. The SMILES string of the molecule is Cc1ccc(OCc2cccc(C(=O)N(CC(F)F)C3CC3)c2)cn1. The minimum absolute atomic E-state index is 0.0555. The first-order valence-electron chi connectivity index (χ1n) is 8.26. The lowest BCUT2D eigenvalue weighted by Crippen LogP contribution is -2.37. The van der Waals surface area contributed by atoms with E-state index in [1.165, 1.54) is 4.90 Å². The molecule has 1 aliphatic carbocycles. The van der Waals surface area contributed by atoms with Crippen LogP contribution in [0.1, 0.15) is 34.5 Å². The van der Waals surface area contributed by atoms with E-state index in [4.69, 9.17) is 4.74 Å². The van der Waals surface area contributed by atoms with Crippen LogP contribution in [0, 0.1) is 6.92 Å². The van der Waals surface area contributed by atoms with E-state index in [-0.39, 0.29) is 18.6 Å². The van der Waals surface area contributed by atoms with Gasteiger partial charge in [-0.3, -0.25) is 9.78 Å². The van der Waals surface area contributed by atoms with Gasteiger partial charge in [0.15, 0.2) is 0 Å². The Kier molecular flexibility index (Phi) is 5.26. The predicted octanol–water partition coefficient (Wildman–Crippen LogP) is 3.84. The van der Waals surface area contributed by atoms with Crippen molar-refractivity contribution in [1.29, 1.82) is 0 Å². The highest BCUT2D eigenvalue weighted by atomic mass is 19.3. The number of halogens is 2. The molecular weight excluding hydrogens is 326 g/mol. The monoisotopic (exact) mass is 346 g/mol. The van der Waals surface area contributed by atoms with Crippen molar-refractivity contribution in [2.45, 2.75) is 38.8 Å². The van der Waals surface area contributed by atoms with Crippen LogP contribution in [-0.4, -0.2) is 34.8 Å². The van der Waals surface area contributed by atoms with Gasteiger partial charge in [0.05, 0.1) is 12.7 Å². The van der Waals surface area contributed by atoms with Crippen molar-refractivity contribution in [1.82, 2.24) is 9.88 Å². The molecule has 1 amide bonds. The van der Waals surface area contributed by atoms with Crippen LogP contribution < -0.4 is 4.74 Å². The number of hydrogen-bond acceptors (Lipinski definition) is 3. The summed E-state index contributed by atoms with van der Waals surface area (Å²) in [6, 6.07) is 10.6. The average Bonchev–Trinajstić information content (AvgIpc) is 3.44. The molecule has 0 bridgehead atoms. The molecule has 1 aliphatic rings. The molecule has 0 N–H and O–H groups in total. The minimum Gasteiger partial charge on any atom is -0.487 e. The molecule has 0 atom stereocenters. The highest BCUT2D eigenvalue weighted by Crippen LogP contribution is 2.29. The first-order valence-corrected chi connectivity index (χ1v) is 8.26. The highest BCUT2D eigenvalue weighted by Gasteiger charge is 2.34. The van der Waals surface area contributed by atoms with Crippen LogP contribution in [0.25, 0.3) is 0 Å². The lowest BCUT2D eigenvalue weighted by Gasteiger charge is -2.22. The summed E-state index contributed by atoms with van der Waals surface area (Å²) < 4.78 is 31.1. The number of hydrogen-bond donors (Lipinski definition) is 0. The fourth-order valence-corrected chi connectivity index (χ4v) is 2.60. The van der Waals surface area contributed by atoms with Gasteiger partial charge >= 0.3 is 0 Å². The largest absolute Gasteiger partial charge is 0.487 e. The molecule has 0 spiro atoms. The van der Waals surface area contributed by atoms with Crippen molar-refractivity contribution in [2.24, 2.45) is 0 Å². The number of amides is 1. The molecular formula is C19H20F2N2O2. The lowest BCUT2D eigenvalue weighted by molar-refractivity contribution is 0.0534. The van der Waals surface area contributed by atoms with Gasteiger partial charge in [0.1, 0.15) is 12.4 Å². The number of pyridine rings is 1. The topological polar surface area (TPSA) is 42.4 Å². The first kappa shape index (κ1) is 17.3. The van der Waals surface area contributed by atoms with Gasteiger partial charge in [-0.25, -0.2) is 8.78 Å². The molecule has 1 fully saturated rings. The molecule has 1 heterocycles. The van der Waals surface area contributed by atoms with Crippen LogP contribution in [0.4, 0.5) is 8.78 Å². The Morgan fingerprint density at radius 1 is 1.32 bits per heavy atom. The van der Waals surface area contributed by atoms with Crippen LogP contribution in [0.5, 0.6) is 5.75 Å². The van der Waals surface area contributed by atoms with Crippen LogP contribution in [0.15, 0.2) is 42.6 Å². The maximum Gasteiger partial charge on any atom is 0.255 e. The van der Waals surface area contributed by atoms with Gasteiger partial charge < -0.3 is 9.64 Å². The molecule has 2 aromatic rings. The summed E-state index contributed by atoms with van der Waals surface area (Å²) >= 11 is 0. The number of alkyl halides is 2. The van der Waals surface area contributed by atoms with Crippen molar-refractivity contribution in [3.05, 3.63) is 59.4 Å². The van der Waals surface area contributed by atoms with Gasteiger partial charge in [-0.05, 0) is 49.6 Å². The third-order valence-corrected chi connectivity index (χ3v) is 4.05. The molecule has 3 rings (SSSR count). The molecule has 1 aromatic heterocycles. The maximum absolute atomic E-state index is 12.7. The van der Waals surface area contributed by atoms with Crippen LogP contribution in [0.2, 0.25) is 0 Å². The summed E-state index contributed by atoms with van der Waals surface area (Å²) in [4.78, 5) is 18.0. The van der Waals surface area contributed by atoms with Gasteiger partial charge in [0.2, 0.25) is 0 Å². The summed E-state index contributed by atoms with van der Waals surface area (Å²) in [5.74, 6) is 0.293. The molecule has 0 unspecified atom stereocenters. The van der Waals surface area contributed by atoms with E-state index in [9.17, 15) is 13.6 Å². The zero-order chi connectivity index (χ0) is 17.8. The standard InChI is InChI=1S/C19H20F2N2O2/c1-13-5-8-17(10-22-13)25-12-14-3-2-4-15(9-14)19(24)23(11-18(20)21)16-6-7-16/h2-5,8-10,16,18H,6-7,11-12H2,1H3. The molecule has 132 valence electrons. The van der Waals surface area contributed by atoms with Crippen molar-refractivity contribution >= 4 is 5.91 Å². The lowest BCUT2D eigenvalue weighted by atomic mass is 10.1. The Hall–Kier alpha value is -2.50. The number of carbonyl (C=O) groups excluding carboxylic acids is 1. The van der Waals surface area contributed by atoms with E-state index in [1.54, 1.807) is 24.4 Å². The van der Waals surface area contributed by atoms with Crippen molar-refractivity contribution in [3.8, 4) is 5.75 Å². The summed E-state index contributed by atoms with van der Waals surface area (Å²) in [5, 5.41) is 0. The molecule has 0 saturated heterocycles. The summed E-state index contributed by atoms with van der Waals surface area (Å²) in [6.07, 6.45) is 0.704. The average molecular weight is 346 g/mol. The van der Waals surface area contributed by atoms with E-state index >= 15 is 0 Å². The number of aryl methyl sites for hydroxylation is 1. The van der Waals surface area contributed by atoms with E-state index in [0.717, 1.165) is 24.1 Å². The summed E-state index contributed by atoms with van der Waals surface area (Å²) in [7, 11) is 0. The molecule has 1 saturated carbocycles. The molecule has 6 heteroatoms. The fraction of sp³-hybridized carbons (Fsp3) is 0.368. The van der Waals surface area contributed by atoms with E-state index in [0.29, 0.717) is 11.3 Å². The van der Waals surface area contributed by atoms with E-state index in [1.807, 2.05) is 25.1 Å². The molecule has 25 heavy (non-hydrogen) atoms. The number of aromatic nitrogens is 1. The van der Waals surface area contributed by atoms with E-state index in [2.05, 4.69) is 4.98 Å². The molecule has 1 aromatic carbocycles. The first-order chi connectivity index (χ1) is 12.0. The van der Waals surface area contributed by atoms with Gasteiger partial charge in [0, 0.05) is 17.3 Å². The number of ether oxygens (including phenoxy) is 1. The second-order valence-corrected chi connectivity index (χ2v) is 6.20. The molecule has 0 aliphatic heterocycles. The third kappa shape index (κ3) is 4.75. The highest BCUT2D eigenvalue weighted by molar-refractivity contribution is 5.94. The van der Waals surface area contributed by atoms with Crippen LogP contribution >= 0.6 is 0 Å². The normalized spacial score (nSPS) is 13.8. The van der Waals surface area contributed by atoms with Crippen molar-refractivity contribution in [3.63, 3.8) is 0 Å². The fourth-order valence-electron chi connectivity index (χ4n) is 2.60. The van der Waals surface area contributed by atoms with Gasteiger partial charge in [-0.2, -0.15) is 0 Å². The Morgan fingerprint density at radius 3 is 2.76 bits per heavy atom. The Labute approximate surface area is 145 Å². The Morgan fingerprint density at radius 2 is 2.12 bits per heavy atom. The third-order valence-electron chi connectivity index (χ3n) is 4.05. The number of nitrogens with zero attached hydrogens (tertiary/aromatic N) is 2. The van der Waals surface area contributed by atoms with Crippen LogP contribution in [-0.2, 0) is 6.61 Å². The predicted molar refractivity (Wildman–Crippen MR) is 89.8 cm³/mol. The quantitative estimate of drug-likeness (QED) is 0.765. The van der Waals surface area contributed by atoms with Gasteiger partial charge in [0.25, 0.3) is 12.3 Å². The van der Waals surface area contributed by atoms with Gasteiger partial charge in [-0.1, -0.05) is 12.1 Å². The Bertz CT molecular complexity index is 730. The van der Waals surface area contributed by atoms with Crippen molar-refractivity contribution in [2.75, 3.05) is 6.54 Å². The van der Waals surface area contributed by atoms with Gasteiger partial charge in [-0.15, -0.1) is 0 Å².